The highest BCUT2D eigenvalue weighted by Crippen LogP contribution is 2.14. The molecule has 1 unspecified atom stereocenters. The van der Waals surface area contributed by atoms with Gasteiger partial charge in [-0.25, -0.2) is 4.79 Å². The standard InChI is InChI=1S/C16H16BrN3O2/c1-11(15(21)19-14-9-7-12(17)8-10-14)18-16(22)20-13-5-3-2-4-6-13/h2-11H,1H3,(H,19,21)(H2,18,20,22). The SMILES string of the molecule is CC(NC(=O)Nc1ccccc1)C(=O)Nc1ccc(Br)cc1. The largest absolute Gasteiger partial charge is 0.326 e. The molecule has 1 atom stereocenters. The average Bonchev–Trinajstić information content (AvgIpc) is 2.50. The predicted molar refractivity (Wildman–Crippen MR) is 90.8 cm³/mol. The van der Waals surface area contributed by atoms with Crippen molar-refractivity contribution in [3.05, 3.63) is 59.1 Å². The van der Waals surface area contributed by atoms with Gasteiger partial charge < -0.3 is 16.0 Å². The lowest BCUT2D eigenvalue weighted by molar-refractivity contribution is -0.117. The predicted octanol–water partition coefficient (Wildman–Crippen LogP) is 3.60. The van der Waals surface area contributed by atoms with E-state index in [2.05, 4.69) is 31.9 Å². The average molecular weight is 362 g/mol. The van der Waals surface area contributed by atoms with Crippen molar-refractivity contribution < 1.29 is 9.59 Å². The molecule has 6 heteroatoms. The van der Waals surface area contributed by atoms with Gasteiger partial charge in [-0.05, 0) is 43.3 Å². The van der Waals surface area contributed by atoms with E-state index in [1.165, 1.54) is 0 Å². The van der Waals surface area contributed by atoms with Gasteiger partial charge in [0.25, 0.3) is 0 Å². The normalized spacial score (nSPS) is 11.4. The monoisotopic (exact) mass is 361 g/mol. The van der Waals surface area contributed by atoms with Crippen molar-refractivity contribution in [2.24, 2.45) is 0 Å². The maximum atomic E-state index is 12.0. The Morgan fingerprint density at radius 2 is 1.50 bits per heavy atom. The summed E-state index contributed by atoms with van der Waals surface area (Å²) in [5.74, 6) is -0.287. The Morgan fingerprint density at radius 1 is 0.909 bits per heavy atom. The highest BCUT2D eigenvalue weighted by molar-refractivity contribution is 9.10. The summed E-state index contributed by atoms with van der Waals surface area (Å²) in [5, 5.41) is 7.99. The Bertz CT molecular complexity index is 644. The van der Waals surface area contributed by atoms with Gasteiger partial charge in [-0.3, -0.25) is 4.79 Å². The van der Waals surface area contributed by atoms with Crippen LogP contribution in [0.3, 0.4) is 0 Å². The molecule has 0 fully saturated rings. The maximum Gasteiger partial charge on any atom is 0.319 e. The summed E-state index contributed by atoms with van der Waals surface area (Å²) in [4.78, 5) is 23.8. The lowest BCUT2D eigenvalue weighted by atomic mass is 10.2. The lowest BCUT2D eigenvalue weighted by Gasteiger charge is -2.15. The summed E-state index contributed by atoms with van der Waals surface area (Å²) in [6, 6.07) is 15.2. The smallest absolute Gasteiger partial charge is 0.319 e. The Kier molecular flexibility index (Phi) is 5.55. The van der Waals surface area contributed by atoms with Crippen LogP contribution in [0.4, 0.5) is 16.2 Å². The van der Waals surface area contributed by atoms with Crippen LogP contribution in [0.2, 0.25) is 0 Å². The van der Waals surface area contributed by atoms with Gasteiger partial charge in [0.15, 0.2) is 0 Å². The quantitative estimate of drug-likeness (QED) is 0.778. The van der Waals surface area contributed by atoms with E-state index in [9.17, 15) is 9.59 Å². The molecule has 0 saturated heterocycles. The van der Waals surface area contributed by atoms with Gasteiger partial charge in [0, 0.05) is 15.8 Å². The number of halogens is 1. The molecule has 0 spiro atoms. The second-order valence-electron chi connectivity index (χ2n) is 4.68. The van der Waals surface area contributed by atoms with Crippen LogP contribution in [0.15, 0.2) is 59.1 Å². The van der Waals surface area contributed by atoms with Crippen LogP contribution in [0.5, 0.6) is 0 Å². The van der Waals surface area contributed by atoms with Crippen molar-refractivity contribution in [2.75, 3.05) is 10.6 Å². The van der Waals surface area contributed by atoms with Crippen LogP contribution >= 0.6 is 15.9 Å². The van der Waals surface area contributed by atoms with Crippen molar-refractivity contribution in [1.29, 1.82) is 0 Å². The molecule has 0 saturated carbocycles. The number of urea groups is 1. The van der Waals surface area contributed by atoms with Gasteiger partial charge in [-0.15, -0.1) is 0 Å². The van der Waals surface area contributed by atoms with Gasteiger partial charge in [0.1, 0.15) is 6.04 Å². The van der Waals surface area contributed by atoms with Crippen LogP contribution in [0.1, 0.15) is 6.92 Å². The van der Waals surface area contributed by atoms with E-state index in [0.29, 0.717) is 11.4 Å². The molecule has 0 radical (unpaired) electrons. The van der Waals surface area contributed by atoms with Crippen LogP contribution in [-0.4, -0.2) is 18.0 Å². The molecule has 0 aliphatic carbocycles. The minimum atomic E-state index is -0.660. The molecule has 0 heterocycles. The van der Waals surface area contributed by atoms with Crippen molar-refractivity contribution in [1.82, 2.24) is 5.32 Å². The summed E-state index contributed by atoms with van der Waals surface area (Å²) in [5.41, 5.74) is 1.34. The maximum absolute atomic E-state index is 12.0. The first-order chi connectivity index (χ1) is 10.5. The van der Waals surface area contributed by atoms with E-state index < -0.39 is 12.1 Å². The molecule has 0 aliphatic rings. The molecule has 2 aromatic rings. The third kappa shape index (κ3) is 4.89. The third-order valence-electron chi connectivity index (χ3n) is 2.88. The zero-order valence-corrected chi connectivity index (χ0v) is 13.6. The lowest BCUT2D eigenvalue weighted by Crippen LogP contribution is -2.43. The third-order valence-corrected chi connectivity index (χ3v) is 3.41. The first kappa shape index (κ1) is 16.0. The minimum absolute atomic E-state index is 0.287. The molecule has 5 nitrogen and oxygen atoms in total. The van der Waals surface area contributed by atoms with Gasteiger partial charge >= 0.3 is 6.03 Å². The molecule has 22 heavy (non-hydrogen) atoms. The molecule has 3 amide bonds. The second-order valence-corrected chi connectivity index (χ2v) is 5.60. The molecule has 0 bridgehead atoms. The summed E-state index contributed by atoms with van der Waals surface area (Å²) in [6.07, 6.45) is 0. The Morgan fingerprint density at radius 3 is 2.14 bits per heavy atom. The number of carbonyl (C=O) groups is 2. The Hall–Kier alpha value is -2.34. The second kappa shape index (κ2) is 7.61. The zero-order valence-electron chi connectivity index (χ0n) is 12.0. The summed E-state index contributed by atoms with van der Waals surface area (Å²) in [6.45, 7) is 1.62. The number of benzene rings is 2. The number of anilines is 2. The molecule has 0 aliphatic heterocycles. The molecule has 3 N–H and O–H groups in total. The number of rotatable bonds is 4. The molecular formula is C16H16BrN3O2. The summed E-state index contributed by atoms with van der Waals surface area (Å²) < 4.78 is 0.930. The van der Waals surface area contributed by atoms with Crippen LogP contribution < -0.4 is 16.0 Å². The molecular weight excluding hydrogens is 346 g/mol. The van der Waals surface area contributed by atoms with Crippen molar-refractivity contribution in [3.8, 4) is 0 Å². The Balaban J connectivity index is 1.85. The van der Waals surface area contributed by atoms with Crippen LogP contribution in [0, 0.1) is 0 Å². The van der Waals surface area contributed by atoms with Gasteiger partial charge in [-0.2, -0.15) is 0 Å². The van der Waals surface area contributed by atoms with Crippen molar-refractivity contribution >= 4 is 39.2 Å². The molecule has 0 aromatic heterocycles. The highest BCUT2D eigenvalue weighted by atomic mass is 79.9. The van der Waals surface area contributed by atoms with Gasteiger partial charge in [0.05, 0.1) is 0 Å². The fraction of sp³-hybridized carbons (Fsp3) is 0.125. The number of para-hydroxylation sites is 1. The number of amides is 3. The van der Waals surface area contributed by atoms with E-state index in [4.69, 9.17) is 0 Å². The molecule has 2 rings (SSSR count). The van der Waals surface area contributed by atoms with Crippen LogP contribution in [0.25, 0.3) is 0 Å². The van der Waals surface area contributed by atoms with E-state index in [-0.39, 0.29) is 5.91 Å². The number of hydrogen-bond acceptors (Lipinski definition) is 2. The van der Waals surface area contributed by atoms with E-state index in [1.54, 1.807) is 31.2 Å². The zero-order chi connectivity index (χ0) is 15.9. The summed E-state index contributed by atoms with van der Waals surface area (Å²) in [7, 11) is 0. The fourth-order valence-corrected chi connectivity index (χ4v) is 2.00. The molecule has 2 aromatic carbocycles. The van der Waals surface area contributed by atoms with Gasteiger partial charge in [0.2, 0.25) is 5.91 Å². The van der Waals surface area contributed by atoms with Crippen molar-refractivity contribution in [3.63, 3.8) is 0 Å². The van der Waals surface area contributed by atoms with Crippen LogP contribution in [-0.2, 0) is 4.79 Å². The van der Waals surface area contributed by atoms with E-state index in [0.717, 1.165) is 4.47 Å². The first-order valence-corrected chi connectivity index (χ1v) is 7.53. The number of carbonyl (C=O) groups excluding carboxylic acids is 2. The van der Waals surface area contributed by atoms with Crippen molar-refractivity contribution in [2.45, 2.75) is 13.0 Å². The summed E-state index contributed by atoms with van der Waals surface area (Å²) >= 11 is 3.33. The Labute approximate surface area is 137 Å². The number of hydrogen-bond donors (Lipinski definition) is 3. The highest BCUT2D eigenvalue weighted by Gasteiger charge is 2.15. The molecule has 114 valence electrons. The van der Waals surface area contributed by atoms with E-state index >= 15 is 0 Å². The van der Waals surface area contributed by atoms with Gasteiger partial charge in [-0.1, -0.05) is 34.1 Å². The van der Waals surface area contributed by atoms with E-state index in [1.807, 2.05) is 30.3 Å². The number of nitrogens with one attached hydrogen (secondary N) is 3. The topological polar surface area (TPSA) is 70.2 Å². The minimum Gasteiger partial charge on any atom is -0.326 e. The fourth-order valence-electron chi connectivity index (χ4n) is 1.73. The first-order valence-electron chi connectivity index (χ1n) is 6.73.